The minimum atomic E-state index is -0.903. The fraction of sp³-hybridized carbons (Fsp3) is 0.324. The number of piperazine rings is 1. The van der Waals surface area contributed by atoms with Gasteiger partial charge in [0.1, 0.15) is 23.8 Å². The molecule has 1 aromatic heterocycles. The minimum absolute atomic E-state index is 0.0904. The Bertz CT molecular complexity index is 1970. The maximum atomic E-state index is 14.4. The number of hydrogen-bond acceptors (Lipinski definition) is 10. The summed E-state index contributed by atoms with van der Waals surface area (Å²) in [6.45, 7) is 5.32. The predicted octanol–water partition coefficient (Wildman–Crippen LogP) is 3.40. The Hall–Kier alpha value is -5.58. The van der Waals surface area contributed by atoms with Crippen LogP contribution in [0.2, 0.25) is 0 Å². The molecule has 0 bridgehead atoms. The summed E-state index contributed by atoms with van der Waals surface area (Å²) in [5.41, 5.74) is 8.98. The first-order valence-corrected chi connectivity index (χ1v) is 17.9. The first-order valence-electron chi connectivity index (χ1n) is 17.1. The van der Waals surface area contributed by atoms with Crippen LogP contribution in [-0.4, -0.2) is 113 Å². The molecule has 16 heteroatoms. The van der Waals surface area contributed by atoms with E-state index in [0.29, 0.717) is 35.1 Å². The van der Waals surface area contributed by atoms with Crippen LogP contribution >= 0.6 is 11.3 Å². The number of hydrazine groups is 1. The van der Waals surface area contributed by atoms with Crippen LogP contribution < -0.4 is 21.1 Å². The number of carbonyl (C=O) groups is 4. The first-order chi connectivity index (χ1) is 25.5. The van der Waals surface area contributed by atoms with E-state index in [9.17, 15) is 23.6 Å². The number of ether oxygens (including phenoxy) is 1. The van der Waals surface area contributed by atoms with Crippen molar-refractivity contribution in [2.75, 3.05) is 52.6 Å². The molecule has 3 heterocycles. The number of rotatable bonds is 13. The van der Waals surface area contributed by atoms with Gasteiger partial charge >= 0.3 is 12.1 Å². The number of urea groups is 1. The van der Waals surface area contributed by atoms with Crippen LogP contribution in [0.25, 0.3) is 10.2 Å². The molecule has 0 aliphatic carbocycles. The zero-order valence-electron chi connectivity index (χ0n) is 29.5. The molecule has 53 heavy (non-hydrogen) atoms. The van der Waals surface area contributed by atoms with Gasteiger partial charge in [0.15, 0.2) is 5.13 Å². The number of halogens is 1. The number of hydrogen-bond donors (Lipinski definition) is 3. The molecular weight excluding hydrogens is 702 g/mol. The standard InChI is InChI=1S/C37H42FN9O5S/c1-4-17-45(36(50)41-20-25-8-12-27(38)13-9-25)46-23-32(48)47-29(19-24-10-14-28(15-11-24)52-37(51)40-16-18-43(2)3)34(49)44(22-31(46)47)21-26-6-5-7-30-33(26)42-35(39)53-30/h4-15,29,31H,1,16-23H2,2-3H3,(H2,39,42)(H,40,51)(H,41,50)/t29-,31+/m0/s1. The van der Waals surface area contributed by atoms with Gasteiger partial charge in [-0.3, -0.25) is 14.6 Å². The number of carbonyl (C=O) groups excluding carboxylic acids is 4. The molecule has 5 amide bonds. The summed E-state index contributed by atoms with van der Waals surface area (Å²) in [6, 6.07) is 16.9. The number of benzene rings is 3. The quantitative estimate of drug-likeness (QED) is 0.175. The predicted molar refractivity (Wildman–Crippen MR) is 199 cm³/mol. The van der Waals surface area contributed by atoms with Gasteiger partial charge in [0.2, 0.25) is 11.8 Å². The maximum Gasteiger partial charge on any atom is 0.412 e. The lowest BCUT2D eigenvalue weighted by Crippen LogP contribution is -2.66. The number of nitrogen functional groups attached to an aromatic ring is 1. The number of amides is 5. The summed E-state index contributed by atoms with van der Waals surface area (Å²) in [5.74, 6) is -0.617. The van der Waals surface area contributed by atoms with Crippen molar-refractivity contribution in [3.8, 4) is 5.75 Å². The van der Waals surface area contributed by atoms with Crippen LogP contribution in [0.15, 0.2) is 79.4 Å². The van der Waals surface area contributed by atoms with E-state index < -0.39 is 24.3 Å². The Balaban J connectivity index is 1.25. The molecule has 2 aliphatic heterocycles. The molecule has 14 nitrogen and oxygen atoms in total. The van der Waals surface area contributed by atoms with Crippen LogP contribution in [0.5, 0.6) is 5.75 Å². The lowest BCUT2D eigenvalue weighted by Gasteiger charge is -2.46. The second-order valence-corrected chi connectivity index (χ2v) is 14.1. The van der Waals surface area contributed by atoms with Gasteiger partial charge in [-0.1, -0.05) is 53.8 Å². The Morgan fingerprint density at radius 1 is 1.08 bits per heavy atom. The summed E-state index contributed by atoms with van der Waals surface area (Å²) in [7, 11) is 3.81. The van der Waals surface area contributed by atoms with Crippen LogP contribution in [0.4, 0.5) is 19.1 Å². The molecule has 0 spiro atoms. The molecule has 278 valence electrons. The third-order valence-electron chi connectivity index (χ3n) is 9.04. The van der Waals surface area contributed by atoms with Crippen molar-refractivity contribution in [1.29, 1.82) is 0 Å². The van der Waals surface area contributed by atoms with Crippen LogP contribution in [0.1, 0.15) is 16.7 Å². The number of anilines is 1. The molecular formula is C37H42FN9O5S. The molecule has 2 saturated heterocycles. The van der Waals surface area contributed by atoms with Gasteiger partial charge in [0, 0.05) is 32.6 Å². The number of para-hydroxylation sites is 1. The van der Waals surface area contributed by atoms with Gasteiger partial charge in [0.05, 0.1) is 29.9 Å². The fourth-order valence-electron chi connectivity index (χ4n) is 6.49. The zero-order chi connectivity index (χ0) is 37.6. The molecule has 2 aliphatic rings. The highest BCUT2D eigenvalue weighted by molar-refractivity contribution is 7.22. The van der Waals surface area contributed by atoms with Crippen molar-refractivity contribution in [1.82, 2.24) is 40.3 Å². The van der Waals surface area contributed by atoms with E-state index in [2.05, 4.69) is 22.2 Å². The molecule has 4 N–H and O–H groups in total. The normalized spacial score (nSPS) is 17.3. The molecule has 4 aromatic rings. The fourth-order valence-corrected chi connectivity index (χ4v) is 7.27. The number of fused-ring (bicyclic) bond motifs is 2. The summed E-state index contributed by atoms with van der Waals surface area (Å²) in [5, 5.41) is 9.07. The SMILES string of the molecule is C=CCN(C(=O)NCc1ccc(F)cc1)N1CC(=O)N2[C@@H](Cc3ccc(OC(=O)NCCN(C)C)cc3)C(=O)N(Cc3cccc4sc(N)nc34)C[C@@H]21. The van der Waals surface area contributed by atoms with Crippen molar-refractivity contribution >= 4 is 50.6 Å². The minimum Gasteiger partial charge on any atom is -0.410 e. The van der Waals surface area contributed by atoms with E-state index in [4.69, 9.17) is 10.5 Å². The number of likely N-dealkylation sites (N-methyl/N-ethyl adjacent to an activating group) is 1. The van der Waals surface area contributed by atoms with Gasteiger partial charge in [-0.2, -0.15) is 5.01 Å². The zero-order valence-corrected chi connectivity index (χ0v) is 30.4. The maximum absolute atomic E-state index is 14.4. The molecule has 0 radical (unpaired) electrons. The van der Waals surface area contributed by atoms with E-state index in [1.54, 1.807) is 57.3 Å². The highest BCUT2D eigenvalue weighted by atomic mass is 32.1. The smallest absolute Gasteiger partial charge is 0.410 e. The lowest BCUT2D eigenvalue weighted by molar-refractivity contribution is -0.157. The summed E-state index contributed by atoms with van der Waals surface area (Å²) in [6.07, 6.45) is 0.473. The number of thiazole rings is 1. The molecule has 2 atom stereocenters. The third-order valence-corrected chi connectivity index (χ3v) is 9.89. The lowest BCUT2D eigenvalue weighted by atomic mass is 9.99. The molecule has 0 unspecified atom stereocenters. The Labute approximate surface area is 310 Å². The number of nitrogens with one attached hydrogen (secondary N) is 2. The van der Waals surface area contributed by atoms with Crippen LogP contribution in [-0.2, 0) is 29.1 Å². The number of nitrogens with zero attached hydrogens (tertiary/aromatic N) is 6. The second-order valence-electron chi connectivity index (χ2n) is 13.1. The van der Waals surface area contributed by atoms with Crippen molar-refractivity contribution in [2.24, 2.45) is 0 Å². The van der Waals surface area contributed by atoms with E-state index >= 15 is 0 Å². The van der Waals surface area contributed by atoms with Gasteiger partial charge in [0.25, 0.3) is 0 Å². The highest BCUT2D eigenvalue weighted by Gasteiger charge is 2.52. The molecule has 2 fully saturated rings. The monoisotopic (exact) mass is 743 g/mol. The average molecular weight is 744 g/mol. The average Bonchev–Trinajstić information content (AvgIpc) is 3.67. The third kappa shape index (κ3) is 8.73. The van der Waals surface area contributed by atoms with Gasteiger partial charge in [-0.05, 0) is 61.1 Å². The first kappa shape index (κ1) is 37.2. The Morgan fingerprint density at radius 2 is 1.81 bits per heavy atom. The van der Waals surface area contributed by atoms with Crippen molar-refractivity contribution < 1.29 is 28.3 Å². The van der Waals surface area contributed by atoms with Crippen LogP contribution in [0, 0.1) is 5.82 Å². The summed E-state index contributed by atoms with van der Waals surface area (Å²) >= 11 is 1.36. The Kier molecular flexibility index (Phi) is 11.5. The van der Waals surface area contributed by atoms with Gasteiger partial charge < -0.3 is 35.8 Å². The van der Waals surface area contributed by atoms with Crippen molar-refractivity contribution in [2.45, 2.75) is 31.7 Å². The highest BCUT2D eigenvalue weighted by Crippen LogP contribution is 2.32. The Morgan fingerprint density at radius 3 is 2.53 bits per heavy atom. The molecule has 3 aromatic carbocycles. The largest absolute Gasteiger partial charge is 0.412 e. The number of aromatic nitrogens is 1. The molecule has 6 rings (SSSR count). The topological polar surface area (TPSA) is 157 Å². The van der Waals surface area contributed by atoms with E-state index in [1.807, 2.05) is 37.2 Å². The van der Waals surface area contributed by atoms with Crippen LogP contribution in [0.3, 0.4) is 0 Å². The van der Waals surface area contributed by atoms with Crippen molar-refractivity contribution in [3.63, 3.8) is 0 Å². The molecule has 0 saturated carbocycles. The van der Waals surface area contributed by atoms with E-state index in [1.165, 1.54) is 28.5 Å². The summed E-state index contributed by atoms with van der Waals surface area (Å²) in [4.78, 5) is 63.9. The van der Waals surface area contributed by atoms with E-state index in [0.717, 1.165) is 15.8 Å². The van der Waals surface area contributed by atoms with Crippen molar-refractivity contribution in [3.05, 3.63) is 102 Å². The van der Waals surface area contributed by atoms with E-state index in [-0.39, 0.29) is 56.8 Å². The van der Waals surface area contributed by atoms with Gasteiger partial charge in [-0.25, -0.2) is 19.0 Å². The summed E-state index contributed by atoms with van der Waals surface area (Å²) < 4.78 is 19.8. The second kappa shape index (κ2) is 16.4. The van der Waals surface area contributed by atoms with Gasteiger partial charge in [-0.15, -0.1) is 6.58 Å². The number of nitrogens with two attached hydrogens (primary N) is 1.